The number of hydrogen-bond donors (Lipinski definition) is 2. The molecule has 0 saturated carbocycles. The second kappa shape index (κ2) is 2.19. The maximum absolute atomic E-state index is 5.17. The average molecular weight is 130 g/mol. The second-order valence-electron chi connectivity index (χ2n) is 1.30. The van der Waals surface area contributed by atoms with Gasteiger partial charge in [0, 0.05) is 0 Å². The molecule has 0 amide bonds. The highest BCUT2D eigenvalue weighted by atomic mass is 32.1. The van der Waals surface area contributed by atoms with Gasteiger partial charge in [0.1, 0.15) is 11.3 Å². The Morgan fingerprint density at radius 1 is 1.88 bits per heavy atom. The summed E-state index contributed by atoms with van der Waals surface area (Å²) in [7, 11) is 0. The molecule has 0 aliphatic heterocycles. The molecule has 0 fully saturated rings. The van der Waals surface area contributed by atoms with Crippen molar-refractivity contribution >= 4 is 12.6 Å². The highest BCUT2D eigenvalue weighted by Crippen LogP contribution is 2.03. The molecule has 0 aliphatic carbocycles. The van der Waals surface area contributed by atoms with Crippen LogP contribution in [0.15, 0.2) is 15.7 Å². The summed E-state index contributed by atoms with van der Waals surface area (Å²) in [5.41, 5.74) is 5.17. The van der Waals surface area contributed by atoms with Crippen molar-refractivity contribution in [1.82, 2.24) is 4.98 Å². The van der Waals surface area contributed by atoms with Gasteiger partial charge in [0.2, 0.25) is 5.89 Å². The minimum Gasteiger partial charge on any atom is -0.446 e. The van der Waals surface area contributed by atoms with E-state index in [-0.39, 0.29) is 0 Å². The SMILES string of the molecule is NCc1nc(S)co1. The lowest BCUT2D eigenvalue weighted by atomic mass is 10.7. The van der Waals surface area contributed by atoms with E-state index >= 15 is 0 Å². The van der Waals surface area contributed by atoms with Crippen LogP contribution in [0.5, 0.6) is 0 Å². The Kier molecular flexibility index (Phi) is 1.55. The standard InChI is InChI=1S/C4H6N2OS/c5-1-3-6-4(8)2-7-3/h2,8H,1,5H2. The Morgan fingerprint density at radius 3 is 2.88 bits per heavy atom. The fourth-order valence-electron chi connectivity index (χ4n) is 0.395. The van der Waals surface area contributed by atoms with E-state index < -0.39 is 0 Å². The van der Waals surface area contributed by atoms with Gasteiger partial charge in [-0.05, 0) is 0 Å². The molecule has 0 unspecified atom stereocenters. The maximum Gasteiger partial charge on any atom is 0.208 e. The summed E-state index contributed by atoms with van der Waals surface area (Å²) < 4.78 is 4.80. The third kappa shape index (κ3) is 1.02. The molecule has 1 rings (SSSR count). The number of rotatable bonds is 1. The monoisotopic (exact) mass is 130 g/mol. The van der Waals surface area contributed by atoms with E-state index in [1.165, 1.54) is 6.26 Å². The molecule has 0 aliphatic rings. The number of oxazole rings is 1. The molecule has 1 aromatic rings. The summed E-state index contributed by atoms with van der Waals surface area (Å²) in [5.74, 6) is 0.523. The van der Waals surface area contributed by atoms with E-state index in [1.54, 1.807) is 0 Å². The molecule has 0 radical (unpaired) electrons. The van der Waals surface area contributed by atoms with Crippen LogP contribution in [0.25, 0.3) is 0 Å². The number of thiol groups is 1. The second-order valence-corrected chi connectivity index (χ2v) is 1.76. The first-order valence-electron chi connectivity index (χ1n) is 2.16. The fourth-order valence-corrected chi connectivity index (χ4v) is 0.559. The third-order valence-corrected chi connectivity index (χ3v) is 0.920. The van der Waals surface area contributed by atoms with Crippen molar-refractivity contribution in [3.63, 3.8) is 0 Å². The predicted molar refractivity (Wildman–Crippen MR) is 31.6 cm³/mol. The normalized spacial score (nSPS) is 9.75. The quantitative estimate of drug-likeness (QED) is 0.542. The van der Waals surface area contributed by atoms with E-state index in [2.05, 4.69) is 17.6 Å². The number of aromatic nitrogens is 1. The molecule has 0 bridgehead atoms. The molecule has 4 heteroatoms. The Hall–Kier alpha value is -0.480. The highest BCUT2D eigenvalue weighted by Gasteiger charge is 1.94. The van der Waals surface area contributed by atoms with E-state index in [9.17, 15) is 0 Å². The number of nitrogens with zero attached hydrogens (tertiary/aromatic N) is 1. The van der Waals surface area contributed by atoms with E-state index in [4.69, 9.17) is 10.2 Å². The lowest BCUT2D eigenvalue weighted by Gasteiger charge is -1.78. The van der Waals surface area contributed by atoms with Crippen LogP contribution in [0.4, 0.5) is 0 Å². The lowest BCUT2D eigenvalue weighted by Crippen LogP contribution is -1.95. The van der Waals surface area contributed by atoms with Gasteiger partial charge in [0.15, 0.2) is 0 Å². The zero-order chi connectivity index (χ0) is 5.98. The first-order valence-corrected chi connectivity index (χ1v) is 2.61. The fraction of sp³-hybridized carbons (Fsp3) is 0.250. The van der Waals surface area contributed by atoms with Gasteiger partial charge in [0.25, 0.3) is 0 Å². The Labute approximate surface area is 52.3 Å². The molecular formula is C4H6N2OS. The van der Waals surface area contributed by atoms with Gasteiger partial charge >= 0.3 is 0 Å². The molecule has 0 atom stereocenters. The molecule has 1 heterocycles. The average Bonchev–Trinajstić information content (AvgIpc) is 2.14. The number of nitrogens with two attached hydrogens (primary N) is 1. The summed E-state index contributed by atoms with van der Waals surface area (Å²) in [6.45, 7) is 0.334. The van der Waals surface area contributed by atoms with Gasteiger partial charge in [-0.2, -0.15) is 0 Å². The maximum atomic E-state index is 5.17. The Bertz CT molecular complexity index is 174. The van der Waals surface area contributed by atoms with Crippen LogP contribution in [-0.2, 0) is 6.54 Å². The van der Waals surface area contributed by atoms with Crippen LogP contribution in [0.2, 0.25) is 0 Å². The van der Waals surface area contributed by atoms with E-state index in [0.29, 0.717) is 17.5 Å². The lowest BCUT2D eigenvalue weighted by molar-refractivity contribution is 0.497. The van der Waals surface area contributed by atoms with Crippen molar-refractivity contribution in [2.24, 2.45) is 5.73 Å². The molecule has 0 saturated heterocycles. The molecule has 8 heavy (non-hydrogen) atoms. The molecule has 0 spiro atoms. The molecular weight excluding hydrogens is 124 g/mol. The van der Waals surface area contributed by atoms with Gasteiger partial charge in [-0.3, -0.25) is 0 Å². The topological polar surface area (TPSA) is 52.0 Å². The van der Waals surface area contributed by atoms with Crippen LogP contribution in [0.1, 0.15) is 5.89 Å². The highest BCUT2D eigenvalue weighted by molar-refractivity contribution is 7.80. The summed E-state index contributed by atoms with van der Waals surface area (Å²) in [6, 6.07) is 0. The Balaban J connectivity index is 2.84. The zero-order valence-corrected chi connectivity index (χ0v) is 5.06. The first kappa shape index (κ1) is 5.65. The molecule has 3 nitrogen and oxygen atoms in total. The molecule has 1 aromatic heterocycles. The zero-order valence-electron chi connectivity index (χ0n) is 4.16. The van der Waals surface area contributed by atoms with Gasteiger partial charge in [-0.15, -0.1) is 12.6 Å². The van der Waals surface area contributed by atoms with Gasteiger partial charge < -0.3 is 10.2 Å². The van der Waals surface area contributed by atoms with Gasteiger partial charge in [0.05, 0.1) is 6.54 Å². The Morgan fingerprint density at radius 2 is 2.62 bits per heavy atom. The van der Waals surface area contributed by atoms with Crippen LogP contribution in [0.3, 0.4) is 0 Å². The molecule has 0 aromatic carbocycles. The summed E-state index contributed by atoms with van der Waals surface area (Å²) in [6.07, 6.45) is 1.45. The first-order chi connectivity index (χ1) is 3.83. The van der Waals surface area contributed by atoms with Crippen molar-refractivity contribution < 1.29 is 4.42 Å². The minimum absolute atomic E-state index is 0.334. The van der Waals surface area contributed by atoms with E-state index in [1.807, 2.05) is 0 Å². The summed E-state index contributed by atoms with van der Waals surface area (Å²) in [4.78, 5) is 3.80. The largest absolute Gasteiger partial charge is 0.446 e. The summed E-state index contributed by atoms with van der Waals surface area (Å²) >= 11 is 3.90. The van der Waals surface area contributed by atoms with Crippen LogP contribution < -0.4 is 5.73 Å². The van der Waals surface area contributed by atoms with Crippen molar-refractivity contribution in [2.75, 3.05) is 0 Å². The van der Waals surface area contributed by atoms with Crippen LogP contribution >= 0.6 is 12.6 Å². The van der Waals surface area contributed by atoms with Crippen molar-refractivity contribution in [1.29, 1.82) is 0 Å². The minimum atomic E-state index is 0.334. The number of hydrogen-bond acceptors (Lipinski definition) is 4. The van der Waals surface area contributed by atoms with Gasteiger partial charge in [-0.1, -0.05) is 0 Å². The third-order valence-electron chi connectivity index (χ3n) is 0.714. The molecule has 2 N–H and O–H groups in total. The summed E-state index contributed by atoms with van der Waals surface area (Å²) in [5, 5.41) is 0.574. The van der Waals surface area contributed by atoms with Crippen LogP contribution in [0, 0.1) is 0 Å². The van der Waals surface area contributed by atoms with Crippen molar-refractivity contribution in [2.45, 2.75) is 11.6 Å². The van der Waals surface area contributed by atoms with Crippen molar-refractivity contribution in [3.05, 3.63) is 12.2 Å². The van der Waals surface area contributed by atoms with Crippen molar-refractivity contribution in [3.8, 4) is 0 Å². The smallest absolute Gasteiger partial charge is 0.208 e. The van der Waals surface area contributed by atoms with E-state index in [0.717, 1.165) is 0 Å². The van der Waals surface area contributed by atoms with Crippen LogP contribution in [-0.4, -0.2) is 4.98 Å². The molecule has 44 valence electrons. The predicted octanol–water partition coefficient (Wildman–Crippen LogP) is 0.422. The van der Waals surface area contributed by atoms with Gasteiger partial charge in [-0.25, -0.2) is 4.98 Å².